The molecule has 1 nitrogen and oxygen atoms in total. The van der Waals surface area contributed by atoms with Crippen LogP contribution in [0.25, 0.3) is 0 Å². The number of alkyl halides is 1. The zero-order valence-corrected chi connectivity index (χ0v) is 12.3. The molecule has 0 saturated carbocycles. The van der Waals surface area contributed by atoms with Gasteiger partial charge in [0.1, 0.15) is 11.5 Å². The molecule has 94 valence electrons. The third-order valence-corrected chi connectivity index (χ3v) is 3.64. The zero-order valence-electron chi connectivity index (χ0n) is 9.09. The lowest BCUT2D eigenvalue weighted by Gasteiger charge is -2.08. The van der Waals surface area contributed by atoms with Gasteiger partial charge in [-0.05, 0) is 29.8 Å². The Balaban J connectivity index is 2.23. The van der Waals surface area contributed by atoms with Crippen LogP contribution in [0.3, 0.4) is 0 Å². The number of rotatable bonds is 3. The number of hydrogen-bond acceptors (Lipinski definition) is 1. The fourth-order valence-corrected chi connectivity index (χ4v) is 2.74. The predicted octanol–water partition coefficient (Wildman–Crippen LogP) is 5.41. The standard InChI is InChI=1S/C13H8Br2F2O/c14-7-8-1-2-9(5-11(8)15)18-10-3-4-12(16)13(17)6-10/h1-6H,7H2. The summed E-state index contributed by atoms with van der Waals surface area (Å²) in [5.41, 5.74) is 1.08. The summed E-state index contributed by atoms with van der Waals surface area (Å²) in [5, 5.41) is 0.721. The molecule has 0 atom stereocenters. The normalized spacial score (nSPS) is 10.4. The van der Waals surface area contributed by atoms with Gasteiger partial charge in [0, 0.05) is 15.9 Å². The topological polar surface area (TPSA) is 9.23 Å². The highest BCUT2D eigenvalue weighted by Gasteiger charge is 2.06. The Bertz CT molecular complexity index is 573. The summed E-state index contributed by atoms with van der Waals surface area (Å²) < 4.78 is 32.1. The van der Waals surface area contributed by atoms with E-state index in [1.807, 2.05) is 6.07 Å². The minimum atomic E-state index is -0.927. The van der Waals surface area contributed by atoms with E-state index in [0.29, 0.717) is 5.75 Å². The Morgan fingerprint density at radius 1 is 0.944 bits per heavy atom. The van der Waals surface area contributed by atoms with E-state index in [2.05, 4.69) is 31.9 Å². The van der Waals surface area contributed by atoms with E-state index in [1.165, 1.54) is 6.07 Å². The molecular formula is C13H8Br2F2O. The molecule has 0 saturated heterocycles. The van der Waals surface area contributed by atoms with E-state index >= 15 is 0 Å². The maximum absolute atomic E-state index is 13.0. The number of ether oxygens (including phenoxy) is 1. The number of halogens is 4. The molecule has 0 radical (unpaired) electrons. The van der Waals surface area contributed by atoms with Gasteiger partial charge in [-0.2, -0.15) is 0 Å². The average Bonchev–Trinajstić information content (AvgIpc) is 2.34. The quantitative estimate of drug-likeness (QED) is 0.649. The molecule has 0 spiro atoms. The van der Waals surface area contributed by atoms with Crippen LogP contribution in [-0.2, 0) is 5.33 Å². The first-order chi connectivity index (χ1) is 8.60. The van der Waals surface area contributed by atoms with Crippen LogP contribution in [0.1, 0.15) is 5.56 Å². The van der Waals surface area contributed by atoms with Gasteiger partial charge in [0.2, 0.25) is 0 Å². The van der Waals surface area contributed by atoms with Crippen LogP contribution in [-0.4, -0.2) is 0 Å². The van der Waals surface area contributed by atoms with Crippen LogP contribution in [0.2, 0.25) is 0 Å². The highest BCUT2D eigenvalue weighted by Crippen LogP contribution is 2.28. The third kappa shape index (κ3) is 3.09. The molecule has 0 heterocycles. The summed E-state index contributed by atoms with van der Waals surface area (Å²) >= 11 is 6.76. The zero-order chi connectivity index (χ0) is 13.1. The van der Waals surface area contributed by atoms with Gasteiger partial charge >= 0.3 is 0 Å². The molecule has 0 unspecified atom stereocenters. The Morgan fingerprint density at radius 2 is 1.61 bits per heavy atom. The molecule has 0 aliphatic heterocycles. The van der Waals surface area contributed by atoms with Crippen LogP contribution in [0.15, 0.2) is 40.9 Å². The molecule has 5 heteroatoms. The second kappa shape index (κ2) is 5.80. The number of hydrogen-bond donors (Lipinski definition) is 0. The maximum atomic E-state index is 13.0. The van der Waals surface area contributed by atoms with Crippen molar-refractivity contribution >= 4 is 31.9 Å². The molecule has 0 amide bonds. The monoisotopic (exact) mass is 376 g/mol. The molecule has 18 heavy (non-hydrogen) atoms. The average molecular weight is 378 g/mol. The molecule has 0 aromatic heterocycles. The van der Waals surface area contributed by atoms with Gasteiger partial charge in [-0.15, -0.1) is 0 Å². The van der Waals surface area contributed by atoms with Crippen molar-refractivity contribution in [3.8, 4) is 11.5 Å². The largest absolute Gasteiger partial charge is 0.457 e. The van der Waals surface area contributed by atoms with Crippen molar-refractivity contribution in [2.45, 2.75) is 5.33 Å². The first-order valence-electron chi connectivity index (χ1n) is 5.07. The fourth-order valence-electron chi connectivity index (χ4n) is 1.38. The molecule has 0 N–H and O–H groups in total. The summed E-state index contributed by atoms with van der Waals surface area (Å²) in [6.45, 7) is 0. The Morgan fingerprint density at radius 3 is 2.22 bits per heavy atom. The summed E-state index contributed by atoms with van der Waals surface area (Å²) in [4.78, 5) is 0. The van der Waals surface area contributed by atoms with Gasteiger partial charge in [0.15, 0.2) is 11.6 Å². The van der Waals surface area contributed by atoms with E-state index in [-0.39, 0.29) is 5.75 Å². The van der Waals surface area contributed by atoms with Crippen LogP contribution in [0, 0.1) is 11.6 Å². The molecule has 0 fully saturated rings. The molecule has 2 rings (SSSR count). The third-order valence-electron chi connectivity index (χ3n) is 2.30. The van der Waals surface area contributed by atoms with Gasteiger partial charge in [-0.25, -0.2) is 8.78 Å². The lowest BCUT2D eigenvalue weighted by molar-refractivity contribution is 0.461. The van der Waals surface area contributed by atoms with Crippen LogP contribution in [0.4, 0.5) is 8.78 Å². The van der Waals surface area contributed by atoms with Crippen molar-refractivity contribution in [3.05, 3.63) is 58.1 Å². The molecular weight excluding hydrogens is 370 g/mol. The Labute approximate surface area is 120 Å². The molecule has 2 aromatic rings. The summed E-state index contributed by atoms with van der Waals surface area (Å²) in [6.07, 6.45) is 0. The SMILES string of the molecule is Fc1ccc(Oc2ccc(CBr)c(Br)c2)cc1F. The lowest BCUT2D eigenvalue weighted by atomic mass is 10.2. The van der Waals surface area contributed by atoms with Gasteiger partial charge in [-0.1, -0.05) is 37.9 Å². The van der Waals surface area contributed by atoms with Gasteiger partial charge in [0.05, 0.1) is 0 Å². The lowest BCUT2D eigenvalue weighted by Crippen LogP contribution is -1.89. The van der Waals surface area contributed by atoms with Crippen LogP contribution >= 0.6 is 31.9 Å². The second-order valence-electron chi connectivity index (χ2n) is 3.56. The Hall–Kier alpha value is -0.940. The minimum Gasteiger partial charge on any atom is -0.457 e. The predicted molar refractivity (Wildman–Crippen MR) is 73.2 cm³/mol. The Kier molecular flexibility index (Phi) is 4.35. The molecule has 2 aromatic carbocycles. The highest BCUT2D eigenvalue weighted by molar-refractivity contribution is 9.10. The van der Waals surface area contributed by atoms with Crippen molar-refractivity contribution in [2.24, 2.45) is 0 Å². The van der Waals surface area contributed by atoms with Crippen molar-refractivity contribution in [1.82, 2.24) is 0 Å². The smallest absolute Gasteiger partial charge is 0.162 e. The van der Waals surface area contributed by atoms with Crippen LogP contribution < -0.4 is 4.74 Å². The molecule has 0 aliphatic rings. The maximum Gasteiger partial charge on any atom is 0.162 e. The highest BCUT2D eigenvalue weighted by atomic mass is 79.9. The summed E-state index contributed by atoms with van der Waals surface area (Å²) in [6, 6.07) is 8.85. The van der Waals surface area contributed by atoms with E-state index in [1.54, 1.807) is 12.1 Å². The molecule has 0 aliphatic carbocycles. The minimum absolute atomic E-state index is 0.257. The fraction of sp³-hybridized carbons (Fsp3) is 0.0769. The van der Waals surface area contributed by atoms with E-state index in [9.17, 15) is 8.78 Å². The number of benzene rings is 2. The van der Waals surface area contributed by atoms with Gasteiger partial charge in [0.25, 0.3) is 0 Å². The van der Waals surface area contributed by atoms with Crippen molar-refractivity contribution in [1.29, 1.82) is 0 Å². The van der Waals surface area contributed by atoms with Gasteiger partial charge in [-0.3, -0.25) is 0 Å². The van der Waals surface area contributed by atoms with Crippen molar-refractivity contribution < 1.29 is 13.5 Å². The van der Waals surface area contributed by atoms with E-state index in [0.717, 1.165) is 27.5 Å². The van der Waals surface area contributed by atoms with Crippen molar-refractivity contribution in [2.75, 3.05) is 0 Å². The summed E-state index contributed by atoms with van der Waals surface area (Å²) in [5.74, 6) is -1.01. The second-order valence-corrected chi connectivity index (χ2v) is 4.98. The van der Waals surface area contributed by atoms with E-state index < -0.39 is 11.6 Å². The van der Waals surface area contributed by atoms with Crippen LogP contribution in [0.5, 0.6) is 11.5 Å². The first kappa shape index (κ1) is 13.5. The molecule has 0 bridgehead atoms. The van der Waals surface area contributed by atoms with Crippen molar-refractivity contribution in [3.63, 3.8) is 0 Å². The first-order valence-corrected chi connectivity index (χ1v) is 6.99. The summed E-state index contributed by atoms with van der Waals surface area (Å²) in [7, 11) is 0. The van der Waals surface area contributed by atoms with E-state index in [4.69, 9.17) is 4.74 Å². The van der Waals surface area contributed by atoms with Gasteiger partial charge < -0.3 is 4.74 Å².